The van der Waals surface area contributed by atoms with Crippen molar-refractivity contribution in [2.45, 2.75) is 32.4 Å². The first-order chi connectivity index (χ1) is 7.70. The van der Waals surface area contributed by atoms with E-state index in [1.54, 1.807) is 0 Å². The molecular formula is C12H23NO3. The number of aliphatic hydroxyl groups is 1. The SMILES string of the molecule is C#CCC(C)NCC(O)COCCOCC. The number of hydrogen-bond donors (Lipinski definition) is 2. The van der Waals surface area contributed by atoms with E-state index in [2.05, 4.69) is 11.2 Å². The van der Waals surface area contributed by atoms with E-state index in [4.69, 9.17) is 15.9 Å². The van der Waals surface area contributed by atoms with Crippen molar-refractivity contribution in [1.29, 1.82) is 0 Å². The number of ether oxygens (including phenoxy) is 2. The molecule has 2 unspecified atom stereocenters. The van der Waals surface area contributed by atoms with Gasteiger partial charge >= 0.3 is 0 Å². The highest BCUT2D eigenvalue weighted by Gasteiger charge is 2.06. The maximum absolute atomic E-state index is 9.54. The van der Waals surface area contributed by atoms with Crippen LogP contribution in [0.25, 0.3) is 0 Å². The molecule has 0 aliphatic rings. The highest BCUT2D eigenvalue weighted by atomic mass is 16.5. The van der Waals surface area contributed by atoms with Crippen LogP contribution in [0.15, 0.2) is 0 Å². The molecule has 4 nitrogen and oxygen atoms in total. The zero-order valence-electron chi connectivity index (χ0n) is 10.2. The summed E-state index contributed by atoms with van der Waals surface area (Å²) in [5, 5.41) is 12.7. The topological polar surface area (TPSA) is 50.7 Å². The van der Waals surface area contributed by atoms with Gasteiger partial charge in [0.1, 0.15) is 0 Å². The standard InChI is InChI=1S/C12H23NO3/c1-4-6-11(3)13-9-12(14)10-16-8-7-15-5-2/h1,11-14H,5-10H2,2-3H3. The summed E-state index contributed by atoms with van der Waals surface area (Å²) in [6, 6.07) is 0.225. The van der Waals surface area contributed by atoms with E-state index in [0.29, 0.717) is 39.4 Å². The van der Waals surface area contributed by atoms with Crippen molar-refractivity contribution in [3.05, 3.63) is 0 Å². The third-order valence-electron chi connectivity index (χ3n) is 2.01. The molecule has 0 aliphatic heterocycles. The van der Waals surface area contributed by atoms with Crippen molar-refractivity contribution in [3.63, 3.8) is 0 Å². The molecule has 0 aromatic carbocycles. The van der Waals surface area contributed by atoms with Crippen LogP contribution in [0.5, 0.6) is 0 Å². The molecule has 0 aromatic heterocycles. The van der Waals surface area contributed by atoms with Gasteiger partial charge in [-0.15, -0.1) is 12.3 Å². The Kier molecular flexibility index (Phi) is 10.5. The van der Waals surface area contributed by atoms with Gasteiger partial charge in [-0.3, -0.25) is 0 Å². The smallest absolute Gasteiger partial charge is 0.0897 e. The molecule has 0 fully saturated rings. The quantitative estimate of drug-likeness (QED) is 0.420. The molecule has 0 saturated heterocycles. The van der Waals surface area contributed by atoms with E-state index in [9.17, 15) is 5.11 Å². The lowest BCUT2D eigenvalue weighted by Crippen LogP contribution is -2.36. The summed E-state index contributed by atoms with van der Waals surface area (Å²) in [7, 11) is 0. The molecule has 0 spiro atoms. The molecule has 16 heavy (non-hydrogen) atoms. The lowest BCUT2D eigenvalue weighted by Gasteiger charge is -2.15. The van der Waals surface area contributed by atoms with Gasteiger partial charge in [-0.05, 0) is 13.8 Å². The summed E-state index contributed by atoms with van der Waals surface area (Å²) in [5.41, 5.74) is 0. The summed E-state index contributed by atoms with van der Waals surface area (Å²) in [5.74, 6) is 2.57. The van der Waals surface area contributed by atoms with Crippen LogP contribution < -0.4 is 5.32 Å². The summed E-state index contributed by atoms with van der Waals surface area (Å²) >= 11 is 0. The van der Waals surface area contributed by atoms with Crippen LogP contribution in [-0.2, 0) is 9.47 Å². The Balaban J connectivity index is 3.31. The first kappa shape index (κ1) is 15.4. The van der Waals surface area contributed by atoms with Crippen molar-refractivity contribution < 1.29 is 14.6 Å². The molecule has 0 aliphatic carbocycles. The van der Waals surface area contributed by atoms with E-state index in [-0.39, 0.29) is 6.04 Å². The van der Waals surface area contributed by atoms with E-state index in [0.717, 1.165) is 0 Å². The van der Waals surface area contributed by atoms with Gasteiger partial charge in [0.05, 0.1) is 25.9 Å². The Hall–Kier alpha value is -0.600. The molecule has 0 radical (unpaired) electrons. The van der Waals surface area contributed by atoms with Crippen molar-refractivity contribution in [2.75, 3.05) is 33.0 Å². The van der Waals surface area contributed by atoms with Crippen LogP contribution in [0, 0.1) is 12.3 Å². The Morgan fingerprint density at radius 2 is 2.06 bits per heavy atom. The molecular weight excluding hydrogens is 206 g/mol. The molecule has 0 heterocycles. The minimum absolute atomic E-state index is 0.225. The molecule has 0 aromatic rings. The summed E-state index contributed by atoms with van der Waals surface area (Å²) in [4.78, 5) is 0. The van der Waals surface area contributed by atoms with E-state index in [1.807, 2.05) is 13.8 Å². The molecule has 0 rings (SSSR count). The van der Waals surface area contributed by atoms with Gasteiger partial charge in [-0.2, -0.15) is 0 Å². The molecule has 2 N–H and O–H groups in total. The summed E-state index contributed by atoms with van der Waals surface area (Å²) < 4.78 is 10.3. The largest absolute Gasteiger partial charge is 0.389 e. The van der Waals surface area contributed by atoms with E-state index in [1.165, 1.54) is 0 Å². The Morgan fingerprint density at radius 3 is 2.69 bits per heavy atom. The summed E-state index contributed by atoms with van der Waals surface area (Å²) in [6.45, 7) is 6.53. The van der Waals surface area contributed by atoms with Gasteiger partial charge in [0.25, 0.3) is 0 Å². The molecule has 4 heteroatoms. The zero-order valence-corrected chi connectivity index (χ0v) is 10.2. The number of aliphatic hydroxyl groups excluding tert-OH is 1. The van der Waals surface area contributed by atoms with Crippen LogP contribution >= 0.6 is 0 Å². The minimum Gasteiger partial charge on any atom is -0.389 e. The fourth-order valence-corrected chi connectivity index (χ4v) is 1.13. The van der Waals surface area contributed by atoms with Crippen molar-refractivity contribution in [3.8, 4) is 12.3 Å². The fraction of sp³-hybridized carbons (Fsp3) is 0.833. The second kappa shape index (κ2) is 10.9. The van der Waals surface area contributed by atoms with E-state index >= 15 is 0 Å². The monoisotopic (exact) mass is 229 g/mol. The maximum Gasteiger partial charge on any atom is 0.0897 e. The fourth-order valence-electron chi connectivity index (χ4n) is 1.13. The van der Waals surface area contributed by atoms with Gasteiger partial charge in [-0.1, -0.05) is 0 Å². The predicted octanol–water partition coefficient (Wildman–Crippen LogP) is 0.402. The van der Waals surface area contributed by atoms with Crippen LogP contribution in [-0.4, -0.2) is 50.2 Å². The number of nitrogens with one attached hydrogen (secondary N) is 1. The van der Waals surface area contributed by atoms with Crippen molar-refractivity contribution >= 4 is 0 Å². The van der Waals surface area contributed by atoms with Gasteiger partial charge in [0, 0.05) is 25.6 Å². The van der Waals surface area contributed by atoms with Crippen LogP contribution in [0.4, 0.5) is 0 Å². The molecule has 94 valence electrons. The van der Waals surface area contributed by atoms with E-state index < -0.39 is 6.10 Å². The average molecular weight is 229 g/mol. The van der Waals surface area contributed by atoms with Crippen LogP contribution in [0.3, 0.4) is 0 Å². The normalized spacial score (nSPS) is 14.4. The number of terminal acetylenes is 1. The average Bonchev–Trinajstić information content (AvgIpc) is 2.26. The highest BCUT2D eigenvalue weighted by Crippen LogP contribution is 1.90. The van der Waals surface area contributed by atoms with Gasteiger partial charge in [0.2, 0.25) is 0 Å². The zero-order chi connectivity index (χ0) is 12.2. The van der Waals surface area contributed by atoms with Crippen molar-refractivity contribution in [2.24, 2.45) is 0 Å². The third-order valence-corrected chi connectivity index (χ3v) is 2.01. The number of hydrogen-bond acceptors (Lipinski definition) is 4. The molecule has 0 saturated carbocycles. The molecule has 0 amide bonds. The Bertz CT molecular complexity index is 191. The Morgan fingerprint density at radius 1 is 1.38 bits per heavy atom. The third kappa shape index (κ3) is 9.94. The van der Waals surface area contributed by atoms with Crippen LogP contribution in [0.2, 0.25) is 0 Å². The predicted molar refractivity (Wildman–Crippen MR) is 64.2 cm³/mol. The highest BCUT2D eigenvalue weighted by molar-refractivity contribution is 4.88. The number of rotatable bonds is 10. The molecule has 0 bridgehead atoms. The molecule has 2 atom stereocenters. The van der Waals surface area contributed by atoms with Crippen molar-refractivity contribution in [1.82, 2.24) is 5.32 Å². The second-order valence-corrected chi connectivity index (χ2v) is 3.64. The lowest BCUT2D eigenvalue weighted by molar-refractivity contribution is 0.00591. The van der Waals surface area contributed by atoms with Gasteiger partial charge < -0.3 is 19.9 Å². The summed E-state index contributed by atoms with van der Waals surface area (Å²) in [6.07, 6.45) is 5.34. The van der Waals surface area contributed by atoms with Gasteiger partial charge in [-0.25, -0.2) is 0 Å². The second-order valence-electron chi connectivity index (χ2n) is 3.64. The van der Waals surface area contributed by atoms with Crippen LogP contribution in [0.1, 0.15) is 20.3 Å². The first-order valence-corrected chi connectivity index (χ1v) is 5.71. The maximum atomic E-state index is 9.54. The Labute approximate surface area is 98.3 Å². The minimum atomic E-state index is -0.498. The lowest BCUT2D eigenvalue weighted by atomic mass is 10.2. The first-order valence-electron chi connectivity index (χ1n) is 5.71. The van der Waals surface area contributed by atoms with Gasteiger partial charge in [0.15, 0.2) is 0 Å².